The van der Waals surface area contributed by atoms with Crippen molar-refractivity contribution in [2.24, 2.45) is 0 Å². The molecule has 0 aliphatic heterocycles. The lowest BCUT2D eigenvalue weighted by atomic mass is 10.6. The van der Waals surface area contributed by atoms with E-state index in [0.29, 0.717) is 0 Å². The third kappa shape index (κ3) is 1.97. The van der Waals surface area contributed by atoms with Gasteiger partial charge in [-0.3, -0.25) is 4.57 Å². The molecule has 0 spiro atoms. The van der Waals surface area contributed by atoms with E-state index in [0.717, 1.165) is 0 Å². The first-order valence-electron chi connectivity index (χ1n) is 2.61. The summed E-state index contributed by atoms with van der Waals surface area (Å²) in [5.41, 5.74) is -0.139. The second-order valence-corrected chi connectivity index (χ2v) is 5.06. The molecular formula is C5H12O2P. The van der Waals surface area contributed by atoms with Gasteiger partial charge in [-0.2, -0.15) is 0 Å². The summed E-state index contributed by atoms with van der Waals surface area (Å²) in [6, 6.07) is 0. The molecule has 0 aromatic rings. The zero-order valence-corrected chi connectivity index (χ0v) is 6.19. The van der Waals surface area contributed by atoms with Gasteiger partial charge < -0.3 is 4.89 Å². The van der Waals surface area contributed by atoms with Gasteiger partial charge in [-0.25, -0.2) is 0 Å². The maximum atomic E-state index is 10.8. The lowest BCUT2D eigenvalue weighted by Gasteiger charge is -2.11. The standard InChI is InChI=1S/C5H12O2P/c1-4-8(6,7)5(2)3/h5H,1,4H2,2-3H3,(H,6,7). The van der Waals surface area contributed by atoms with Crippen molar-refractivity contribution in [2.45, 2.75) is 19.5 Å². The molecule has 1 radical (unpaired) electrons. The molecule has 49 valence electrons. The lowest BCUT2D eigenvalue weighted by Crippen LogP contribution is -1.98. The Kier molecular flexibility index (Phi) is 2.72. The van der Waals surface area contributed by atoms with Crippen LogP contribution in [0.4, 0.5) is 0 Å². The van der Waals surface area contributed by atoms with Crippen molar-refractivity contribution in [2.75, 3.05) is 6.16 Å². The van der Waals surface area contributed by atoms with E-state index in [1.54, 1.807) is 13.8 Å². The van der Waals surface area contributed by atoms with Crippen LogP contribution in [-0.2, 0) is 4.57 Å². The Hall–Kier alpha value is 0.190. The van der Waals surface area contributed by atoms with E-state index in [1.165, 1.54) is 0 Å². The normalized spacial score (nSPS) is 18.6. The Labute approximate surface area is 50.4 Å². The van der Waals surface area contributed by atoms with E-state index in [4.69, 9.17) is 4.89 Å². The molecule has 0 saturated carbocycles. The van der Waals surface area contributed by atoms with Crippen molar-refractivity contribution < 1.29 is 9.46 Å². The molecule has 3 heteroatoms. The van der Waals surface area contributed by atoms with Gasteiger partial charge in [0.2, 0.25) is 7.37 Å². The van der Waals surface area contributed by atoms with E-state index in [1.807, 2.05) is 0 Å². The molecule has 2 nitrogen and oxygen atoms in total. The fraction of sp³-hybridized carbons (Fsp3) is 0.800. The molecule has 0 rings (SSSR count). The number of rotatable bonds is 2. The van der Waals surface area contributed by atoms with Crippen LogP contribution in [0.15, 0.2) is 0 Å². The Morgan fingerprint density at radius 1 is 1.75 bits per heavy atom. The van der Waals surface area contributed by atoms with E-state index < -0.39 is 7.37 Å². The van der Waals surface area contributed by atoms with Crippen molar-refractivity contribution in [3.63, 3.8) is 0 Å². The molecule has 8 heavy (non-hydrogen) atoms. The van der Waals surface area contributed by atoms with Crippen LogP contribution in [0.2, 0.25) is 0 Å². The number of hydrogen-bond acceptors (Lipinski definition) is 1. The third-order valence-electron chi connectivity index (χ3n) is 1.13. The average Bonchev–Trinajstić information content (AvgIpc) is 1.67. The van der Waals surface area contributed by atoms with Crippen molar-refractivity contribution in [1.29, 1.82) is 0 Å². The van der Waals surface area contributed by atoms with Crippen LogP contribution in [0.25, 0.3) is 0 Å². The highest BCUT2D eigenvalue weighted by molar-refractivity contribution is 7.58. The topological polar surface area (TPSA) is 37.3 Å². The highest BCUT2D eigenvalue weighted by Gasteiger charge is 2.19. The Balaban J connectivity index is 3.93. The van der Waals surface area contributed by atoms with E-state index in [-0.39, 0.29) is 11.8 Å². The predicted octanol–water partition coefficient (Wildman–Crippen LogP) is 1.50. The van der Waals surface area contributed by atoms with E-state index >= 15 is 0 Å². The Morgan fingerprint density at radius 3 is 2.12 bits per heavy atom. The SMILES string of the molecule is [CH2]CP(=O)(O)C(C)C. The predicted molar refractivity (Wildman–Crippen MR) is 35.2 cm³/mol. The molecule has 0 aromatic heterocycles. The summed E-state index contributed by atoms with van der Waals surface area (Å²) in [6.45, 7) is 6.82. The quantitative estimate of drug-likeness (QED) is 0.582. The highest BCUT2D eigenvalue weighted by atomic mass is 31.2. The second kappa shape index (κ2) is 2.65. The molecule has 0 bridgehead atoms. The van der Waals surface area contributed by atoms with Gasteiger partial charge in [0.1, 0.15) is 0 Å². The van der Waals surface area contributed by atoms with Gasteiger partial charge in [-0.1, -0.05) is 13.8 Å². The molecule has 1 unspecified atom stereocenters. The first-order valence-corrected chi connectivity index (χ1v) is 4.53. The van der Waals surface area contributed by atoms with Crippen molar-refractivity contribution in [3.05, 3.63) is 6.92 Å². The van der Waals surface area contributed by atoms with Crippen molar-refractivity contribution >= 4 is 7.37 Å². The minimum atomic E-state index is -2.86. The second-order valence-electron chi connectivity index (χ2n) is 2.07. The average molecular weight is 135 g/mol. The molecule has 0 amide bonds. The summed E-state index contributed by atoms with van der Waals surface area (Å²) in [4.78, 5) is 8.89. The van der Waals surface area contributed by atoms with Crippen LogP contribution in [0.1, 0.15) is 13.8 Å². The smallest absolute Gasteiger partial charge is 0.203 e. The fourth-order valence-corrected chi connectivity index (χ4v) is 0.775. The molecule has 1 atom stereocenters. The molecule has 1 N–H and O–H groups in total. The molecule has 0 saturated heterocycles. The largest absolute Gasteiger partial charge is 0.344 e. The molecule has 0 aliphatic rings. The first-order chi connectivity index (χ1) is 3.50. The van der Waals surface area contributed by atoms with Gasteiger partial charge in [-0.05, 0) is 6.92 Å². The summed E-state index contributed by atoms with van der Waals surface area (Å²) in [5.74, 6) is 0. The van der Waals surface area contributed by atoms with Crippen LogP contribution in [0, 0.1) is 6.92 Å². The zero-order chi connectivity index (χ0) is 6.78. The molecule has 0 heterocycles. The van der Waals surface area contributed by atoms with Gasteiger partial charge in [0.15, 0.2) is 0 Å². The highest BCUT2D eigenvalue weighted by Crippen LogP contribution is 2.44. The van der Waals surface area contributed by atoms with Crippen LogP contribution in [0.5, 0.6) is 0 Å². The van der Waals surface area contributed by atoms with Crippen LogP contribution >= 0.6 is 7.37 Å². The van der Waals surface area contributed by atoms with Crippen LogP contribution in [-0.4, -0.2) is 16.7 Å². The van der Waals surface area contributed by atoms with Crippen LogP contribution < -0.4 is 0 Å². The van der Waals surface area contributed by atoms with Crippen molar-refractivity contribution in [1.82, 2.24) is 0 Å². The van der Waals surface area contributed by atoms with Crippen molar-refractivity contribution in [3.8, 4) is 0 Å². The molecular weight excluding hydrogens is 123 g/mol. The molecule has 0 fully saturated rings. The fourth-order valence-electron chi connectivity index (χ4n) is 0.258. The third-order valence-corrected chi connectivity index (χ3v) is 3.38. The summed E-state index contributed by atoms with van der Waals surface area (Å²) in [6.07, 6.45) is 0.144. The molecule has 0 aliphatic carbocycles. The summed E-state index contributed by atoms with van der Waals surface area (Å²) in [5, 5.41) is 0. The summed E-state index contributed by atoms with van der Waals surface area (Å²) >= 11 is 0. The van der Waals surface area contributed by atoms with E-state index in [2.05, 4.69) is 6.92 Å². The zero-order valence-electron chi connectivity index (χ0n) is 5.29. The Morgan fingerprint density at radius 2 is 2.12 bits per heavy atom. The molecule has 0 aromatic carbocycles. The number of hydrogen-bond donors (Lipinski definition) is 1. The van der Waals surface area contributed by atoms with Gasteiger partial charge in [0.25, 0.3) is 0 Å². The monoisotopic (exact) mass is 135 g/mol. The summed E-state index contributed by atoms with van der Waals surface area (Å²) < 4.78 is 10.8. The van der Waals surface area contributed by atoms with Gasteiger partial charge in [-0.15, -0.1) is 0 Å². The van der Waals surface area contributed by atoms with Crippen LogP contribution in [0.3, 0.4) is 0 Å². The van der Waals surface area contributed by atoms with E-state index in [9.17, 15) is 4.57 Å². The Bertz CT molecular complexity index is 109. The maximum absolute atomic E-state index is 10.8. The maximum Gasteiger partial charge on any atom is 0.203 e. The van der Waals surface area contributed by atoms with Gasteiger partial charge >= 0.3 is 0 Å². The minimum absolute atomic E-state index is 0.139. The first kappa shape index (κ1) is 8.19. The minimum Gasteiger partial charge on any atom is -0.344 e. The summed E-state index contributed by atoms with van der Waals surface area (Å²) in [7, 11) is -2.86. The lowest BCUT2D eigenvalue weighted by molar-refractivity contribution is 0.472. The van der Waals surface area contributed by atoms with Gasteiger partial charge in [0.05, 0.1) is 0 Å². The van der Waals surface area contributed by atoms with Gasteiger partial charge in [0, 0.05) is 11.8 Å².